The van der Waals surface area contributed by atoms with Crippen LogP contribution >= 0.6 is 11.8 Å². The van der Waals surface area contributed by atoms with Gasteiger partial charge in [0.2, 0.25) is 0 Å². The van der Waals surface area contributed by atoms with Crippen LogP contribution in [0.1, 0.15) is 35.4 Å². The van der Waals surface area contributed by atoms with Gasteiger partial charge >= 0.3 is 5.69 Å². The van der Waals surface area contributed by atoms with Crippen molar-refractivity contribution in [2.24, 2.45) is 0 Å². The lowest BCUT2D eigenvalue weighted by atomic mass is 9.97. The Bertz CT molecular complexity index is 941. The van der Waals surface area contributed by atoms with Gasteiger partial charge in [-0.2, -0.15) is 4.98 Å². The fourth-order valence-electron chi connectivity index (χ4n) is 3.33. The molecule has 132 valence electrons. The average Bonchev–Trinajstić information content (AvgIpc) is 2.70. The molecular formula is C20H20N4OS. The topological polar surface area (TPSA) is 60.7 Å². The van der Waals surface area contributed by atoms with Crippen molar-refractivity contribution >= 4 is 11.8 Å². The summed E-state index contributed by atoms with van der Waals surface area (Å²) in [6.45, 7) is 0.557. The van der Waals surface area contributed by atoms with E-state index in [0.717, 1.165) is 53.4 Å². The molecule has 0 radical (unpaired) electrons. The molecule has 6 heteroatoms. The minimum absolute atomic E-state index is 0.161. The molecule has 0 aromatic carbocycles. The maximum atomic E-state index is 12.7. The van der Waals surface area contributed by atoms with Gasteiger partial charge in [0.15, 0.2) is 0 Å². The zero-order valence-corrected chi connectivity index (χ0v) is 15.3. The molecule has 0 aliphatic heterocycles. The molecule has 0 atom stereocenters. The van der Waals surface area contributed by atoms with Crippen molar-refractivity contribution < 1.29 is 0 Å². The highest BCUT2D eigenvalue weighted by Crippen LogP contribution is 2.30. The zero-order valence-electron chi connectivity index (χ0n) is 14.5. The number of thioether (sulfide) groups is 1. The van der Waals surface area contributed by atoms with Gasteiger partial charge in [0.1, 0.15) is 5.03 Å². The van der Waals surface area contributed by atoms with Crippen LogP contribution in [0.2, 0.25) is 0 Å². The van der Waals surface area contributed by atoms with Crippen molar-refractivity contribution in [2.75, 3.05) is 0 Å². The van der Waals surface area contributed by atoms with E-state index in [2.05, 4.69) is 15.0 Å². The van der Waals surface area contributed by atoms with E-state index in [1.165, 1.54) is 5.56 Å². The molecule has 3 heterocycles. The molecule has 0 spiro atoms. The Morgan fingerprint density at radius 2 is 1.88 bits per heavy atom. The quantitative estimate of drug-likeness (QED) is 0.514. The molecule has 0 saturated heterocycles. The number of fused-ring (bicyclic) bond motifs is 1. The number of nitrogens with zero attached hydrogens (tertiary/aromatic N) is 4. The lowest BCUT2D eigenvalue weighted by Gasteiger charge is -2.22. The van der Waals surface area contributed by atoms with Gasteiger partial charge in [-0.15, -0.1) is 0 Å². The number of pyridine rings is 2. The minimum Gasteiger partial charge on any atom is -0.292 e. The largest absolute Gasteiger partial charge is 0.349 e. The second kappa shape index (κ2) is 7.83. The van der Waals surface area contributed by atoms with Gasteiger partial charge in [0.25, 0.3) is 0 Å². The predicted molar refractivity (Wildman–Crippen MR) is 102 cm³/mol. The first kappa shape index (κ1) is 17.0. The lowest BCUT2D eigenvalue weighted by Crippen LogP contribution is -2.30. The predicted octanol–water partition coefficient (Wildman–Crippen LogP) is 3.25. The van der Waals surface area contributed by atoms with Crippen molar-refractivity contribution in [2.45, 2.75) is 43.0 Å². The van der Waals surface area contributed by atoms with E-state index in [-0.39, 0.29) is 5.69 Å². The fraction of sp³-hybridized carbons (Fsp3) is 0.300. The van der Waals surface area contributed by atoms with Crippen molar-refractivity contribution in [3.63, 3.8) is 0 Å². The minimum atomic E-state index is -0.161. The van der Waals surface area contributed by atoms with Gasteiger partial charge in [-0.1, -0.05) is 17.8 Å². The van der Waals surface area contributed by atoms with E-state index in [0.29, 0.717) is 6.54 Å². The van der Waals surface area contributed by atoms with Crippen molar-refractivity contribution in [1.29, 1.82) is 0 Å². The first-order chi connectivity index (χ1) is 12.8. The molecule has 1 aliphatic carbocycles. The normalized spacial score (nSPS) is 13.4. The van der Waals surface area contributed by atoms with E-state index < -0.39 is 0 Å². The Labute approximate surface area is 156 Å². The van der Waals surface area contributed by atoms with Gasteiger partial charge in [-0.25, -0.2) is 4.79 Å². The molecule has 0 fully saturated rings. The van der Waals surface area contributed by atoms with Gasteiger partial charge in [-0.05, 0) is 55.5 Å². The SMILES string of the molecule is O=c1nc(SCc2ccccn2)c2c(n1Cc1ccncc1)CCCC2. The molecule has 0 bridgehead atoms. The summed E-state index contributed by atoms with van der Waals surface area (Å²) in [5.41, 5.74) is 4.31. The summed E-state index contributed by atoms with van der Waals surface area (Å²) in [5, 5.41) is 0.876. The summed E-state index contributed by atoms with van der Waals surface area (Å²) in [4.78, 5) is 25.6. The van der Waals surface area contributed by atoms with Crippen LogP contribution in [0.25, 0.3) is 0 Å². The summed E-state index contributed by atoms with van der Waals surface area (Å²) in [6.07, 6.45) is 9.52. The molecule has 0 saturated carbocycles. The molecule has 4 rings (SSSR count). The number of aromatic nitrogens is 4. The molecular weight excluding hydrogens is 344 g/mol. The molecule has 1 aliphatic rings. The van der Waals surface area contributed by atoms with Crippen molar-refractivity contribution in [3.05, 3.63) is 81.9 Å². The second-order valence-corrected chi connectivity index (χ2v) is 7.35. The Morgan fingerprint density at radius 3 is 2.69 bits per heavy atom. The molecule has 0 amide bonds. The summed E-state index contributed by atoms with van der Waals surface area (Å²) >= 11 is 1.62. The first-order valence-corrected chi connectivity index (χ1v) is 9.84. The third kappa shape index (κ3) is 3.70. The van der Waals surface area contributed by atoms with Crippen LogP contribution in [0, 0.1) is 0 Å². The van der Waals surface area contributed by atoms with Crippen molar-refractivity contribution in [1.82, 2.24) is 19.5 Å². The van der Waals surface area contributed by atoms with Crippen LogP contribution in [0.3, 0.4) is 0 Å². The fourth-order valence-corrected chi connectivity index (χ4v) is 4.32. The van der Waals surface area contributed by atoms with Gasteiger partial charge in [-0.3, -0.25) is 14.5 Å². The highest BCUT2D eigenvalue weighted by molar-refractivity contribution is 7.98. The highest BCUT2D eigenvalue weighted by atomic mass is 32.2. The molecule has 0 N–H and O–H groups in total. The van der Waals surface area contributed by atoms with Crippen LogP contribution < -0.4 is 5.69 Å². The van der Waals surface area contributed by atoms with E-state index in [4.69, 9.17) is 0 Å². The monoisotopic (exact) mass is 364 g/mol. The molecule has 5 nitrogen and oxygen atoms in total. The summed E-state index contributed by atoms with van der Waals surface area (Å²) < 4.78 is 1.84. The zero-order chi connectivity index (χ0) is 17.8. The van der Waals surface area contributed by atoms with Gasteiger partial charge in [0, 0.05) is 35.6 Å². The van der Waals surface area contributed by atoms with Crippen LogP contribution in [-0.2, 0) is 25.1 Å². The third-order valence-corrected chi connectivity index (χ3v) is 5.67. The highest BCUT2D eigenvalue weighted by Gasteiger charge is 2.20. The van der Waals surface area contributed by atoms with E-state index in [1.54, 1.807) is 30.4 Å². The maximum Gasteiger partial charge on any atom is 0.349 e. The Kier molecular flexibility index (Phi) is 5.11. The number of hydrogen-bond acceptors (Lipinski definition) is 5. The summed E-state index contributed by atoms with van der Waals surface area (Å²) in [7, 11) is 0. The van der Waals surface area contributed by atoms with Crippen LogP contribution in [0.15, 0.2) is 58.7 Å². The number of rotatable bonds is 5. The molecule has 0 unspecified atom stereocenters. The first-order valence-electron chi connectivity index (χ1n) is 8.85. The van der Waals surface area contributed by atoms with Crippen molar-refractivity contribution in [3.8, 4) is 0 Å². The smallest absolute Gasteiger partial charge is 0.292 e. The maximum absolute atomic E-state index is 12.7. The van der Waals surface area contributed by atoms with E-state index in [9.17, 15) is 4.79 Å². The van der Waals surface area contributed by atoms with Crippen LogP contribution in [-0.4, -0.2) is 19.5 Å². The molecule has 3 aromatic heterocycles. The van der Waals surface area contributed by atoms with Crippen LogP contribution in [0.4, 0.5) is 0 Å². The summed E-state index contributed by atoms with van der Waals surface area (Å²) in [6, 6.07) is 9.80. The standard InChI is InChI=1S/C20H20N4OS/c25-20-23-19(26-14-16-5-3-4-10-22-16)17-6-1-2-7-18(17)24(20)13-15-8-11-21-12-9-15/h3-5,8-12H,1-2,6-7,13-14H2. The lowest BCUT2D eigenvalue weighted by molar-refractivity contribution is 0.569. The average molecular weight is 364 g/mol. The second-order valence-electron chi connectivity index (χ2n) is 6.38. The molecule has 3 aromatic rings. The van der Waals surface area contributed by atoms with Gasteiger partial charge < -0.3 is 0 Å². The van der Waals surface area contributed by atoms with E-state index >= 15 is 0 Å². The Hall–Kier alpha value is -2.47. The third-order valence-electron chi connectivity index (χ3n) is 4.62. The van der Waals surface area contributed by atoms with Crippen LogP contribution in [0.5, 0.6) is 0 Å². The Balaban J connectivity index is 1.66. The summed E-state index contributed by atoms with van der Waals surface area (Å²) in [5.74, 6) is 0.730. The van der Waals surface area contributed by atoms with E-state index in [1.807, 2.05) is 34.9 Å². The molecule has 26 heavy (non-hydrogen) atoms. The van der Waals surface area contributed by atoms with Gasteiger partial charge in [0.05, 0.1) is 12.2 Å². The Morgan fingerprint density at radius 1 is 1.04 bits per heavy atom. The number of hydrogen-bond donors (Lipinski definition) is 0.